The zero-order valence-electron chi connectivity index (χ0n) is 13.7. The predicted molar refractivity (Wildman–Crippen MR) is 99.0 cm³/mol. The SMILES string of the molecule is CNC(=O)C(NC(=O)CCSCc1csc(C)n1)c1ccccc1. The van der Waals surface area contributed by atoms with Crippen molar-refractivity contribution in [3.63, 3.8) is 0 Å². The summed E-state index contributed by atoms with van der Waals surface area (Å²) in [5.41, 5.74) is 1.83. The van der Waals surface area contributed by atoms with Gasteiger partial charge in [0.1, 0.15) is 6.04 Å². The molecule has 0 radical (unpaired) electrons. The molecule has 24 heavy (non-hydrogen) atoms. The molecule has 0 aliphatic carbocycles. The van der Waals surface area contributed by atoms with Crippen LogP contribution in [0.4, 0.5) is 0 Å². The second kappa shape index (κ2) is 9.44. The normalized spacial score (nSPS) is 11.8. The molecule has 1 aromatic heterocycles. The molecular formula is C17H21N3O2S2. The van der Waals surface area contributed by atoms with Gasteiger partial charge in [0.15, 0.2) is 0 Å². The molecule has 0 bridgehead atoms. The number of aryl methyl sites for hydroxylation is 1. The average molecular weight is 364 g/mol. The monoisotopic (exact) mass is 363 g/mol. The molecule has 2 N–H and O–H groups in total. The van der Waals surface area contributed by atoms with E-state index in [9.17, 15) is 9.59 Å². The number of benzene rings is 1. The van der Waals surface area contributed by atoms with Gasteiger partial charge < -0.3 is 10.6 Å². The summed E-state index contributed by atoms with van der Waals surface area (Å²) in [5.74, 6) is 1.14. The highest BCUT2D eigenvalue weighted by molar-refractivity contribution is 7.98. The highest BCUT2D eigenvalue weighted by Gasteiger charge is 2.21. The fourth-order valence-corrected chi connectivity index (χ4v) is 3.69. The van der Waals surface area contributed by atoms with Crippen LogP contribution in [0.3, 0.4) is 0 Å². The van der Waals surface area contributed by atoms with E-state index < -0.39 is 6.04 Å². The van der Waals surface area contributed by atoms with Crippen molar-refractivity contribution in [2.75, 3.05) is 12.8 Å². The number of thiazole rings is 1. The van der Waals surface area contributed by atoms with E-state index >= 15 is 0 Å². The number of carbonyl (C=O) groups excluding carboxylic acids is 2. The van der Waals surface area contributed by atoms with Crippen molar-refractivity contribution >= 4 is 34.9 Å². The number of amides is 2. The van der Waals surface area contributed by atoms with Crippen molar-refractivity contribution in [2.24, 2.45) is 0 Å². The summed E-state index contributed by atoms with van der Waals surface area (Å²) in [6, 6.07) is 8.59. The van der Waals surface area contributed by atoms with Gasteiger partial charge in [-0.1, -0.05) is 30.3 Å². The summed E-state index contributed by atoms with van der Waals surface area (Å²) in [5, 5.41) is 8.50. The van der Waals surface area contributed by atoms with E-state index in [1.54, 1.807) is 30.1 Å². The van der Waals surface area contributed by atoms with Crippen molar-refractivity contribution in [1.29, 1.82) is 0 Å². The van der Waals surface area contributed by atoms with Gasteiger partial charge in [0, 0.05) is 30.4 Å². The second-order valence-corrected chi connectivity index (χ2v) is 7.35. The van der Waals surface area contributed by atoms with Gasteiger partial charge in [-0.3, -0.25) is 9.59 Å². The number of hydrogen-bond donors (Lipinski definition) is 2. The minimum Gasteiger partial charge on any atom is -0.357 e. The first-order valence-corrected chi connectivity index (χ1v) is 9.68. The Labute approximate surface area is 150 Å². The van der Waals surface area contributed by atoms with Crippen LogP contribution in [0, 0.1) is 6.92 Å². The highest BCUT2D eigenvalue weighted by Crippen LogP contribution is 2.17. The minimum absolute atomic E-state index is 0.130. The summed E-state index contributed by atoms with van der Waals surface area (Å²) in [7, 11) is 1.57. The van der Waals surface area contributed by atoms with Crippen LogP contribution in [-0.4, -0.2) is 29.6 Å². The smallest absolute Gasteiger partial charge is 0.246 e. The molecule has 7 heteroatoms. The van der Waals surface area contributed by atoms with Crippen LogP contribution in [-0.2, 0) is 15.3 Å². The number of likely N-dealkylation sites (N-methyl/N-ethyl adjacent to an activating group) is 1. The second-order valence-electron chi connectivity index (χ2n) is 5.19. The van der Waals surface area contributed by atoms with Crippen molar-refractivity contribution in [2.45, 2.75) is 25.1 Å². The number of nitrogens with zero attached hydrogens (tertiary/aromatic N) is 1. The Morgan fingerprint density at radius 1 is 1.29 bits per heavy atom. The first kappa shape index (κ1) is 18.5. The Bertz CT molecular complexity index is 673. The lowest BCUT2D eigenvalue weighted by Gasteiger charge is -2.17. The van der Waals surface area contributed by atoms with E-state index in [1.807, 2.05) is 42.6 Å². The first-order chi connectivity index (χ1) is 11.6. The molecule has 2 amide bonds. The van der Waals surface area contributed by atoms with Gasteiger partial charge in [-0.25, -0.2) is 4.98 Å². The maximum Gasteiger partial charge on any atom is 0.246 e. The standard InChI is InChI=1S/C17H21N3O2S2/c1-12-19-14(11-24-12)10-23-9-8-15(21)20-16(17(22)18-2)13-6-4-3-5-7-13/h3-7,11,16H,8-10H2,1-2H3,(H,18,22)(H,20,21). The topological polar surface area (TPSA) is 71.1 Å². The van der Waals surface area contributed by atoms with Crippen LogP contribution in [0.15, 0.2) is 35.7 Å². The molecule has 2 rings (SSSR count). The first-order valence-electron chi connectivity index (χ1n) is 7.65. The maximum atomic E-state index is 12.1. The molecular weight excluding hydrogens is 342 g/mol. The Balaban J connectivity index is 1.81. The van der Waals surface area contributed by atoms with Crippen LogP contribution in [0.5, 0.6) is 0 Å². The quantitative estimate of drug-likeness (QED) is 0.708. The van der Waals surface area contributed by atoms with Gasteiger partial charge in [0.05, 0.1) is 10.7 Å². The number of rotatable bonds is 8. The summed E-state index contributed by atoms with van der Waals surface area (Å²) in [4.78, 5) is 28.6. The fourth-order valence-electron chi connectivity index (χ4n) is 2.14. The number of thioether (sulfide) groups is 1. The lowest BCUT2D eigenvalue weighted by Crippen LogP contribution is -2.39. The Morgan fingerprint density at radius 2 is 2.04 bits per heavy atom. The van der Waals surface area contributed by atoms with E-state index in [4.69, 9.17) is 0 Å². The summed E-state index contributed by atoms with van der Waals surface area (Å²) in [6.45, 7) is 1.98. The van der Waals surface area contributed by atoms with Crippen molar-refractivity contribution in [3.8, 4) is 0 Å². The van der Waals surface area contributed by atoms with Gasteiger partial charge >= 0.3 is 0 Å². The third-order valence-corrected chi connectivity index (χ3v) is 5.15. The molecule has 0 spiro atoms. The molecule has 0 fully saturated rings. The van der Waals surface area contributed by atoms with E-state index in [0.29, 0.717) is 12.2 Å². The van der Waals surface area contributed by atoms with Gasteiger partial charge in [0.2, 0.25) is 11.8 Å². The van der Waals surface area contributed by atoms with Crippen LogP contribution in [0.1, 0.15) is 28.7 Å². The molecule has 1 atom stereocenters. The highest BCUT2D eigenvalue weighted by atomic mass is 32.2. The molecule has 0 aliphatic heterocycles. The Kier molecular flexibility index (Phi) is 7.27. The molecule has 0 saturated carbocycles. The Hall–Kier alpha value is -1.86. The van der Waals surface area contributed by atoms with E-state index in [-0.39, 0.29) is 11.8 Å². The van der Waals surface area contributed by atoms with Crippen LogP contribution < -0.4 is 10.6 Å². The predicted octanol–water partition coefficient (Wildman–Crippen LogP) is 2.68. The van der Waals surface area contributed by atoms with Crippen LogP contribution in [0.2, 0.25) is 0 Å². The molecule has 128 valence electrons. The number of nitrogens with one attached hydrogen (secondary N) is 2. The molecule has 2 aromatic rings. The number of hydrogen-bond acceptors (Lipinski definition) is 5. The van der Waals surface area contributed by atoms with Crippen LogP contribution >= 0.6 is 23.1 Å². The lowest BCUT2D eigenvalue weighted by molar-refractivity contribution is -0.128. The summed E-state index contributed by atoms with van der Waals surface area (Å²) in [6.07, 6.45) is 0.369. The van der Waals surface area contributed by atoms with Gasteiger partial charge in [-0.2, -0.15) is 11.8 Å². The largest absolute Gasteiger partial charge is 0.357 e. The van der Waals surface area contributed by atoms with Crippen molar-refractivity contribution in [1.82, 2.24) is 15.6 Å². The van der Waals surface area contributed by atoms with Crippen molar-refractivity contribution < 1.29 is 9.59 Å². The third kappa shape index (κ3) is 5.65. The minimum atomic E-state index is -0.658. The lowest BCUT2D eigenvalue weighted by atomic mass is 10.1. The zero-order valence-corrected chi connectivity index (χ0v) is 15.4. The maximum absolute atomic E-state index is 12.1. The average Bonchev–Trinajstić information content (AvgIpc) is 3.02. The molecule has 0 aliphatic rings. The summed E-state index contributed by atoms with van der Waals surface area (Å²) < 4.78 is 0. The van der Waals surface area contributed by atoms with Gasteiger partial charge in [0.25, 0.3) is 0 Å². The van der Waals surface area contributed by atoms with Crippen LogP contribution in [0.25, 0.3) is 0 Å². The Morgan fingerprint density at radius 3 is 2.67 bits per heavy atom. The van der Waals surface area contributed by atoms with Crippen molar-refractivity contribution in [3.05, 3.63) is 52.0 Å². The van der Waals surface area contributed by atoms with E-state index in [2.05, 4.69) is 15.6 Å². The fraction of sp³-hybridized carbons (Fsp3) is 0.353. The number of carbonyl (C=O) groups is 2. The third-order valence-electron chi connectivity index (χ3n) is 3.34. The molecule has 1 aromatic carbocycles. The molecule has 1 unspecified atom stereocenters. The van der Waals surface area contributed by atoms with Gasteiger partial charge in [-0.15, -0.1) is 11.3 Å². The van der Waals surface area contributed by atoms with E-state index in [0.717, 1.165) is 22.0 Å². The van der Waals surface area contributed by atoms with E-state index in [1.165, 1.54) is 0 Å². The molecule has 5 nitrogen and oxygen atoms in total. The zero-order chi connectivity index (χ0) is 17.4. The molecule has 1 heterocycles. The number of aromatic nitrogens is 1. The molecule has 0 saturated heterocycles. The summed E-state index contributed by atoms with van der Waals surface area (Å²) >= 11 is 3.30. The van der Waals surface area contributed by atoms with Gasteiger partial charge in [-0.05, 0) is 12.5 Å².